The smallest absolute Gasteiger partial charge is 0.384 e. The van der Waals surface area contributed by atoms with Crippen LogP contribution in [0.4, 0.5) is 0 Å². The largest absolute Gasteiger partial charge is 0.459 e. The van der Waals surface area contributed by atoms with Crippen molar-refractivity contribution in [1.29, 1.82) is 0 Å². The van der Waals surface area contributed by atoms with E-state index >= 15 is 0 Å². The number of hydrogen-bond acceptors (Lipinski definition) is 3. The summed E-state index contributed by atoms with van der Waals surface area (Å²) in [7, 11) is 1.33. The second-order valence-corrected chi connectivity index (χ2v) is 5.79. The molecule has 0 bridgehead atoms. The van der Waals surface area contributed by atoms with E-state index in [1.807, 2.05) is 0 Å². The van der Waals surface area contributed by atoms with Gasteiger partial charge >= 0.3 is 5.97 Å². The summed E-state index contributed by atoms with van der Waals surface area (Å²) < 4.78 is 10.5. The molecule has 0 heterocycles. The van der Waals surface area contributed by atoms with Crippen LogP contribution in [-0.4, -0.2) is 25.8 Å². The van der Waals surface area contributed by atoms with Crippen LogP contribution in [0.3, 0.4) is 0 Å². The van der Waals surface area contributed by atoms with E-state index in [2.05, 4.69) is 23.2 Å². The van der Waals surface area contributed by atoms with Gasteiger partial charge in [0.25, 0.3) is 0 Å². The van der Waals surface area contributed by atoms with Gasteiger partial charge in [-0.05, 0) is 25.2 Å². The van der Waals surface area contributed by atoms with Gasteiger partial charge in [-0.3, -0.25) is 0 Å². The minimum atomic E-state index is -0.504. The fraction of sp³-hybridized carbons (Fsp3) is 0.706. The molecule has 20 heavy (non-hydrogen) atoms. The van der Waals surface area contributed by atoms with Crippen molar-refractivity contribution >= 4 is 5.97 Å². The van der Waals surface area contributed by atoms with Gasteiger partial charge in [0.2, 0.25) is 0 Å². The highest BCUT2D eigenvalue weighted by atomic mass is 16.5. The normalized spacial score (nSPS) is 24.2. The molecule has 3 nitrogen and oxygen atoms in total. The quantitative estimate of drug-likeness (QED) is 0.260. The van der Waals surface area contributed by atoms with Crippen LogP contribution in [0.5, 0.6) is 0 Å². The van der Waals surface area contributed by atoms with Crippen LogP contribution in [-0.2, 0) is 14.3 Å². The fourth-order valence-corrected chi connectivity index (χ4v) is 3.09. The summed E-state index contributed by atoms with van der Waals surface area (Å²) in [4.78, 5) is 10.9. The van der Waals surface area contributed by atoms with Crippen LogP contribution in [0.1, 0.15) is 44.9 Å². The third kappa shape index (κ3) is 4.38. The Bertz CT molecular complexity index is 408. The maximum absolute atomic E-state index is 10.9. The Kier molecular flexibility index (Phi) is 5.67. The minimum absolute atomic E-state index is 0.243. The molecule has 2 aliphatic carbocycles. The molecule has 0 aromatic rings. The summed E-state index contributed by atoms with van der Waals surface area (Å²) in [6.07, 6.45) is 9.12. The Morgan fingerprint density at radius 3 is 2.55 bits per heavy atom. The van der Waals surface area contributed by atoms with E-state index in [1.54, 1.807) is 0 Å². The van der Waals surface area contributed by atoms with Crippen LogP contribution >= 0.6 is 0 Å². The summed E-state index contributed by atoms with van der Waals surface area (Å²) in [6.45, 7) is 4.37. The van der Waals surface area contributed by atoms with Crippen molar-refractivity contribution < 1.29 is 14.3 Å². The molecule has 0 amide bonds. The second kappa shape index (κ2) is 7.50. The summed E-state index contributed by atoms with van der Waals surface area (Å²) in [5.74, 6) is 5.79. The van der Waals surface area contributed by atoms with Crippen molar-refractivity contribution in [2.45, 2.75) is 51.0 Å². The summed E-state index contributed by atoms with van der Waals surface area (Å²) in [5.41, 5.74) is 1.31. The van der Waals surface area contributed by atoms with Crippen LogP contribution in [0, 0.1) is 23.7 Å². The molecule has 0 spiro atoms. The highest BCUT2D eigenvalue weighted by molar-refractivity contribution is 5.88. The van der Waals surface area contributed by atoms with Crippen molar-refractivity contribution in [3.05, 3.63) is 12.2 Å². The number of carbonyl (C=O) groups excluding carboxylic acids is 1. The molecule has 2 aliphatic rings. The SMILES string of the molecule is C=C1C[C@H]1[C@H](OCC#CC(=O)OC)C1CCCCCC1. The lowest BCUT2D eigenvalue weighted by Gasteiger charge is -2.25. The molecule has 0 aromatic carbocycles. The van der Waals surface area contributed by atoms with Crippen LogP contribution in [0.25, 0.3) is 0 Å². The molecule has 0 N–H and O–H groups in total. The zero-order valence-corrected chi connectivity index (χ0v) is 12.3. The van der Waals surface area contributed by atoms with Crippen LogP contribution in [0.2, 0.25) is 0 Å². The molecule has 2 rings (SSSR count). The van der Waals surface area contributed by atoms with E-state index in [1.165, 1.54) is 51.2 Å². The maximum atomic E-state index is 10.9. The van der Waals surface area contributed by atoms with Crippen LogP contribution in [0.15, 0.2) is 12.2 Å². The number of ether oxygens (including phenoxy) is 2. The van der Waals surface area contributed by atoms with Gasteiger partial charge in [-0.15, -0.1) is 0 Å². The lowest BCUT2D eigenvalue weighted by atomic mass is 9.90. The summed E-state index contributed by atoms with van der Waals surface area (Å²) in [5, 5.41) is 0. The van der Waals surface area contributed by atoms with Crippen LogP contribution < -0.4 is 0 Å². The number of methoxy groups -OCH3 is 1. The second-order valence-electron chi connectivity index (χ2n) is 5.79. The van der Waals surface area contributed by atoms with E-state index in [0.717, 1.165) is 6.42 Å². The third-order valence-electron chi connectivity index (χ3n) is 4.33. The maximum Gasteiger partial charge on any atom is 0.384 e. The Morgan fingerprint density at radius 2 is 2.00 bits per heavy atom. The Morgan fingerprint density at radius 1 is 1.35 bits per heavy atom. The zero-order valence-electron chi connectivity index (χ0n) is 12.3. The van der Waals surface area contributed by atoms with Gasteiger partial charge in [0.15, 0.2) is 0 Å². The number of esters is 1. The number of hydrogen-bond donors (Lipinski definition) is 0. The highest BCUT2D eigenvalue weighted by Gasteiger charge is 2.40. The van der Waals surface area contributed by atoms with Crippen molar-refractivity contribution in [3.63, 3.8) is 0 Å². The molecule has 0 saturated heterocycles. The Balaban J connectivity index is 1.88. The average molecular weight is 276 g/mol. The molecule has 2 fully saturated rings. The Hall–Kier alpha value is -1.27. The zero-order chi connectivity index (χ0) is 14.4. The highest BCUT2D eigenvalue weighted by Crippen LogP contribution is 2.45. The Labute approximate surface area is 121 Å². The van der Waals surface area contributed by atoms with E-state index in [0.29, 0.717) is 18.4 Å². The van der Waals surface area contributed by atoms with Crippen molar-refractivity contribution in [2.24, 2.45) is 11.8 Å². The first-order chi connectivity index (χ1) is 9.72. The number of carbonyl (C=O) groups is 1. The third-order valence-corrected chi connectivity index (χ3v) is 4.33. The predicted molar refractivity (Wildman–Crippen MR) is 78.0 cm³/mol. The topological polar surface area (TPSA) is 35.5 Å². The minimum Gasteiger partial charge on any atom is -0.459 e. The van der Waals surface area contributed by atoms with Gasteiger partial charge in [0, 0.05) is 11.8 Å². The predicted octanol–water partition coefficient (Wildman–Crippen LogP) is 3.09. The molecule has 0 unspecified atom stereocenters. The summed E-state index contributed by atoms with van der Waals surface area (Å²) >= 11 is 0. The molecule has 2 saturated carbocycles. The monoisotopic (exact) mass is 276 g/mol. The van der Waals surface area contributed by atoms with Crippen molar-refractivity contribution in [2.75, 3.05) is 13.7 Å². The van der Waals surface area contributed by atoms with Crippen molar-refractivity contribution in [3.8, 4) is 11.8 Å². The first-order valence-corrected chi connectivity index (χ1v) is 7.58. The van der Waals surface area contributed by atoms with Gasteiger partial charge in [0.1, 0.15) is 6.61 Å². The van der Waals surface area contributed by atoms with Gasteiger partial charge in [-0.1, -0.05) is 43.8 Å². The van der Waals surface area contributed by atoms with E-state index in [4.69, 9.17) is 4.74 Å². The average Bonchev–Trinajstić information content (AvgIpc) is 3.21. The van der Waals surface area contributed by atoms with E-state index < -0.39 is 5.97 Å². The number of rotatable bonds is 4. The van der Waals surface area contributed by atoms with Crippen molar-refractivity contribution in [1.82, 2.24) is 0 Å². The lowest BCUT2D eigenvalue weighted by molar-refractivity contribution is -0.133. The first-order valence-electron chi connectivity index (χ1n) is 7.58. The molecule has 3 heteroatoms. The molecule has 0 aromatic heterocycles. The molecule has 2 atom stereocenters. The standard InChI is InChI=1S/C17H24O3/c1-13-12-15(13)17(14-8-5-3-4-6-9-14)20-11-7-10-16(18)19-2/h14-15,17H,1,3-6,8-9,11-12H2,2H3/t15-,17-/m1/s1. The molecule has 0 radical (unpaired) electrons. The van der Waals surface area contributed by atoms with E-state index in [-0.39, 0.29) is 6.10 Å². The lowest BCUT2D eigenvalue weighted by Crippen LogP contribution is -2.26. The molecular formula is C17H24O3. The van der Waals surface area contributed by atoms with Gasteiger partial charge < -0.3 is 9.47 Å². The van der Waals surface area contributed by atoms with Gasteiger partial charge in [-0.2, -0.15) is 0 Å². The molecule has 110 valence electrons. The fourth-order valence-electron chi connectivity index (χ4n) is 3.09. The van der Waals surface area contributed by atoms with E-state index in [9.17, 15) is 4.79 Å². The van der Waals surface area contributed by atoms with Gasteiger partial charge in [0.05, 0.1) is 13.2 Å². The first kappa shape index (κ1) is 15.1. The van der Waals surface area contributed by atoms with Gasteiger partial charge in [-0.25, -0.2) is 4.79 Å². The molecule has 0 aliphatic heterocycles. The molecular weight excluding hydrogens is 252 g/mol. The summed E-state index contributed by atoms with van der Waals surface area (Å²) in [6, 6.07) is 0.